The molecule has 0 aliphatic rings. The number of imidazole rings is 1. The van der Waals surface area contributed by atoms with Gasteiger partial charge >= 0.3 is 6.03 Å². The molecule has 7 heteroatoms. The van der Waals surface area contributed by atoms with Crippen LogP contribution >= 0.6 is 0 Å². The third-order valence-corrected chi connectivity index (χ3v) is 5.40. The van der Waals surface area contributed by atoms with Crippen LogP contribution in [0, 0.1) is 0 Å². The van der Waals surface area contributed by atoms with Crippen molar-refractivity contribution in [3.05, 3.63) is 78.5 Å². The van der Waals surface area contributed by atoms with Gasteiger partial charge in [0.25, 0.3) is 0 Å². The highest BCUT2D eigenvalue weighted by atomic mass is 16.2. The van der Waals surface area contributed by atoms with Gasteiger partial charge in [-0.2, -0.15) is 0 Å². The van der Waals surface area contributed by atoms with E-state index >= 15 is 0 Å². The number of fused-ring (bicyclic) bond motifs is 2. The quantitative estimate of drug-likeness (QED) is 0.339. The largest absolute Gasteiger partial charge is 0.382 e. The van der Waals surface area contributed by atoms with Crippen molar-refractivity contribution in [2.45, 2.75) is 33.6 Å². The number of carbonyl (C=O) groups is 1. The SMILES string of the molecule is C/C=C\C=C(/C)NC(=O)Nc1ccc(-c2nc(C(C)C)n3ccnc(N)c23)c2ccccc12. The number of carbonyl (C=O) groups excluding carboxylic acids is 1. The summed E-state index contributed by atoms with van der Waals surface area (Å²) in [4.78, 5) is 21.8. The molecule has 0 aliphatic heterocycles. The first-order chi connectivity index (χ1) is 15.9. The number of amides is 2. The second kappa shape index (κ2) is 9.16. The molecule has 168 valence electrons. The molecule has 0 saturated heterocycles. The van der Waals surface area contributed by atoms with Gasteiger partial charge in [-0.3, -0.25) is 4.40 Å². The molecular weight excluding hydrogens is 412 g/mol. The molecule has 4 rings (SSSR count). The average molecular weight is 441 g/mol. The van der Waals surface area contributed by atoms with Gasteiger partial charge in [0, 0.05) is 35.0 Å². The molecule has 0 bridgehead atoms. The molecule has 0 saturated carbocycles. The zero-order chi connectivity index (χ0) is 23.5. The topological polar surface area (TPSA) is 97.3 Å². The maximum Gasteiger partial charge on any atom is 0.323 e. The van der Waals surface area contributed by atoms with Gasteiger partial charge in [-0.05, 0) is 31.4 Å². The maximum atomic E-state index is 12.6. The van der Waals surface area contributed by atoms with Crippen LogP contribution in [-0.4, -0.2) is 20.4 Å². The van der Waals surface area contributed by atoms with Crippen LogP contribution in [0.4, 0.5) is 16.3 Å². The molecular formula is C26H28N6O. The van der Waals surface area contributed by atoms with Crippen LogP contribution in [0.5, 0.6) is 0 Å². The van der Waals surface area contributed by atoms with Crippen molar-refractivity contribution >= 4 is 33.8 Å². The predicted octanol–water partition coefficient (Wildman–Crippen LogP) is 5.86. The lowest BCUT2D eigenvalue weighted by Gasteiger charge is -2.13. The number of allylic oxidation sites excluding steroid dienone is 4. The smallest absolute Gasteiger partial charge is 0.323 e. The number of hydrogen-bond donors (Lipinski definition) is 3. The Balaban J connectivity index is 1.81. The van der Waals surface area contributed by atoms with Gasteiger partial charge in [0.1, 0.15) is 22.9 Å². The zero-order valence-electron chi connectivity index (χ0n) is 19.3. The molecule has 0 radical (unpaired) electrons. The van der Waals surface area contributed by atoms with Gasteiger partial charge in [0.2, 0.25) is 0 Å². The monoisotopic (exact) mass is 440 g/mol. The molecule has 2 aromatic carbocycles. The Hall–Kier alpha value is -4.13. The number of hydrogen-bond acceptors (Lipinski definition) is 4. The molecule has 0 fully saturated rings. The second-order valence-electron chi connectivity index (χ2n) is 8.17. The lowest BCUT2D eigenvalue weighted by atomic mass is 10.00. The van der Waals surface area contributed by atoms with E-state index in [4.69, 9.17) is 10.7 Å². The maximum absolute atomic E-state index is 12.6. The minimum Gasteiger partial charge on any atom is -0.382 e. The van der Waals surface area contributed by atoms with E-state index in [-0.39, 0.29) is 11.9 Å². The summed E-state index contributed by atoms with van der Waals surface area (Å²) < 4.78 is 2.01. The molecule has 4 N–H and O–H groups in total. The number of nitrogens with zero attached hydrogens (tertiary/aromatic N) is 3. The molecule has 0 atom stereocenters. The number of nitrogens with two attached hydrogens (primary N) is 1. The molecule has 0 spiro atoms. The highest BCUT2D eigenvalue weighted by Crippen LogP contribution is 2.37. The summed E-state index contributed by atoms with van der Waals surface area (Å²) in [5.41, 5.74) is 10.2. The number of aromatic nitrogens is 3. The third kappa shape index (κ3) is 4.30. The summed E-state index contributed by atoms with van der Waals surface area (Å²) in [6.45, 7) is 7.97. The lowest BCUT2D eigenvalue weighted by molar-refractivity contribution is 0.254. The van der Waals surface area contributed by atoms with Crippen LogP contribution in [-0.2, 0) is 0 Å². The molecule has 0 unspecified atom stereocenters. The third-order valence-electron chi connectivity index (χ3n) is 5.40. The molecule has 0 aliphatic carbocycles. The number of rotatable bonds is 5. The Morgan fingerprint density at radius 3 is 2.64 bits per heavy atom. The van der Waals surface area contributed by atoms with Crippen LogP contribution in [0.15, 0.2) is 72.7 Å². The van der Waals surface area contributed by atoms with Crippen LogP contribution in [0.3, 0.4) is 0 Å². The Bertz CT molecular complexity index is 1400. The van der Waals surface area contributed by atoms with E-state index in [2.05, 4.69) is 29.5 Å². The van der Waals surface area contributed by atoms with E-state index < -0.39 is 0 Å². The Kier molecular flexibility index (Phi) is 6.13. The van der Waals surface area contributed by atoms with Crippen molar-refractivity contribution in [3.8, 4) is 11.3 Å². The minimum absolute atomic E-state index is 0.211. The highest BCUT2D eigenvalue weighted by Gasteiger charge is 2.20. The summed E-state index contributed by atoms with van der Waals surface area (Å²) >= 11 is 0. The van der Waals surface area contributed by atoms with E-state index in [1.165, 1.54) is 0 Å². The van der Waals surface area contributed by atoms with Crippen LogP contribution in [0.25, 0.3) is 27.5 Å². The Morgan fingerprint density at radius 2 is 1.91 bits per heavy atom. The number of nitrogens with one attached hydrogen (secondary N) is 2. The van der Waals surface area contributed by atoms with Crippen molar-refractivity contribution in [2.24, 2.45) is 0 Å². The zero-order valence-corrected chi connectivity index (χ0v) is 19.3. The second-order valence-corrected chi connectivity index (χ2v) is 8.17. The standard InChI is InChI=1S/C26H28N6O/c1-5-6-9-17(4)29-26(33)30-21-13-12-20(18-10-7-8-11-19(18)21)22-23-24(27)28-14-15-32(23)25(31-22)16(2)3/h5-16H,1-4H3,(H2,27,28)(H2,29,30,33)/b6-5-,17-9+. The van der Waals surface area contributed by atoms with E-state index in [1.807, 2.05) is 79.1 Å². The average Bonchev–Trinajstić information content (AvgIpc) is 3.19. The van der Waals surface area contributed by atoms with Gasteiger partial charge in [-0.15, -0.1) is 0 Å². The van der Waals surface area contributed by atoms with Gasteiger partial charge in [-0.25, -0.2) is 14.8 Å². The summed E-state index contributed by atoms with van der Waals surface area (Å²) in [7, 11) is 0. The highest BCUT2D eigenvalue weighted by molar-refractivity contribution is 6.09. The Labute approximate surface area is 193 Å². The first kappa shape index (κ1) is 22.1. The van der Waals surface area contributed by atoms with E-state index in [0.29, 0.717) is 11.5 Å². The molecule has 33 heavy (non-hydrogen) atoms. The fraction of sp³-hybridized carbons (Fsp3) is 0.192. The fourth-order valence-corrected chi connectivity index (χ4v) is 3.91. The minimum atomic E-state index is -0.297. The number of nitrogen functional groups attached to an aromatic ring is 1. The van der Waals surface area contributed by atoms with Crippen molar-refractivity contribution in [2.75, 3.05) is 11.1 Å². The molecule has 7 nitrogen and oxygen atoms in total. The number of anilines is 2. The van der Waals surface area contributed by atoms with Crippen molar-refractivity contribution in [1.29, 1.82) is 0 Å². The predicted molar refractivity (Wildman–Crippen MR) is 135 cm³/mol. The van der Waals surface area contributed by atoms with E-state index in [9.17, 15) is 4.79 Å². The fourth-order valence-electron chi connectivity index (χ4n) is 3.91. The Morgan fingerprint density at radius 1 is 1.15 bits per heavy atom. The van der Waals surface area contributed by atoms with Crippen LogP contribution in [0.1, 0.15) is 39.4 Å². The van der Waals surface area contributed by atoms with E-state index in [1.54, 1.807) is 6.20 Å². The molecule has 4 aromatic rings. The summed E-state index contributed by atoms with van der Waals surface area (Å²) in [5, 5.41) is 7.69. The van der Waals surface area contributed by atoms with Gasteiger partial charge in [0.05, 0.1) is 5.69 Å². The number of urea groups is 1. The molecule has 2 amide bonds. The summed E-state index contributed by atoms with van der Waals surface area (Å²) in [6, 6.07) is 11.5. The first-order valence-electron chi connectivity index (χ1n) is 10.9. The van der Waals surface area contributed by atoms with Gasteiger partial charge in [-0.1, -0.05) is 56.3 Å². The number of benzene rings is 2. The van der Waals surface area contributed by atoms with Crippen molar-refractivity contribution in [3.63, 3.8) is 0 Å². The van der Waals surface area contributed by atoms with Gasteiger partial charge < -0.3 is 16.4 Å². The van der Waals surface area contributed by atoms with Crippen molar-refractivity contribution < 1.29 is 4.79 Å². The first-order valence-corrected chi connectivity index (χ1v) is 10.9. The normalized spacial score (nSPS) is 12.2. The van der Waals surface area contributed by atoms with E-state index in [0.717, 1.165) is 39.1 Å². The lowest BCUT2D eigenvalue weighted by Crippen LogP contribution is -2.27. The van der Waals surface area contributed by atoms with Crippen LogP contribution < -0.4 is 16.4 Å². The van der Waals surface area contributed by atoms with Crippen molar-refractivity contribution in [1.82, 2.24) is 19.7 Å². The van der Waals surface area contributed by atoms with Gasteiger partial charge in [0.15, 0.2) is 0 Å². The van der Waals surface area contributed by atoms with Crippen LogP contribution in [0.2, 0.25) is 0 Å². The summed E-state index contributed by atoms with van der Waals surface area (Å²) in [6.07, 6.45) is 9.21. The summed E-state index contributed by atoms with van der Waals surface area (Å²) in [5.74, 6) is 1.56. The molecule has 2 heterocycles. The molecule has 2 aromatic heterocycles.